The highest BCUT2D eigenvalue weighted by Crippen LogP contribution is 2.23. The SMILES string of the molecule is COCCCC(CN)c1ccccc1C. The normalized spacial score (nSPS) is 12.7. The van der Waals surface area contributed by atoms with Crippen LogP contribution in [0.3, 0.4) is 0 Å². The molecule has 1 aromatic rings. The molecular weight excluding hydrogens is 186 g/mol. The molecule has 0 fully saturated rings. The number of rotatable bonds is 6. The molecule has 1 aromatic carbocycles. The summed E-state index contributed by atoms with van der Waals surface area (Å²) in [4.78, 5) is 0. The molecular formula is C13H21NO. The van der Waals surface area contributed by atoms with E-state index in [0.717, 1.165) is 19.4 Å². The zero-order chi connectivity index (χ0) is 11.1. The van der Waals surface area contributed by atoms with Crippen molar-refractivity contribution >= 4 is 0 Å². The van der Waals surface area contributed by atoms with E-state index >= 15 is 0 Å². The molecule has 2 N–H and O–H groups in total. The average molecular weight is 207 g/mol. The molecule has 1 rings (SSSR count). The minimum atomic E-state index is 0.473. The van der Waals surface area contributed by atoms with Gasteiger partial charge in [-0.2, -0.15) is 0 Å². The van der Waals surface area contributed by atoms with Crippen molar-refractivity contribution in [2.75, 3.05) is 20.3 Å². The first-order chi connectivity index (χ1) is 7.29. The number of methoxy groups -OCH3 is 1. The molecule has 0 aliphatic carbocycles. The first-order valence-electron chi connectivity index (χ1n) is 5.54. The Bertz CT molecular complexity index is 286. The van der Waals surface area contributed by atoms with Crippen molar-refractivity contribution in [1.29, 1.82) is 0 Å². The van der Waals surface area contributed by atoms with Gasteiger partial charge in [-0.3, -0.25) is 0 Å². The molecule has 0 saturated carbocycles. The molecule has 0 saturated heterocycles. The Labute approximate surface area is 92.4 Å². The molecule has 0 aromatic heterocycles. The van der Waals surface area contributed by atoms with Crippen molar-refractivity contribution in [2.45, 2.75) is 25.7 Å². The summed E-state index contributed by atoms with van der Waals surface area (Å²) in [6.45, 7) is 3.69. The molecule has 0 bridgehead atoms. The van der Waals surface area contributed by atoms with Crippen LogP contribution < -0.4 is 5.73 Å². The fraction of sp³-hybridized carbons (Fsp3) is 0.538. The first kappa shape index (κ1) is 12.2. The van der Waals surface area contributed by atoms with Gasteiger partial charge in [0.1, 0.15) is 0 Å². The summed E-state index contributed by atoms with van der Waals surface area (Å²) in [6, 6.07) is 8.48. The molecule has 84 valence electrons. The zero-order valence-electron chi connectivity index (χ0n) is 9.70. The van der Waals surface area contributed by atoms with Crippen molar-refractivity contribution in [3.8, 4) is 0 Å². The van der Waals surface area contributed by atoms with E-state index < -0.39 is 0 Å². The molecule has 0 radical (unpaired) electrons. The van der Waals surface area contributed by atoms with Gasteiger partial charge in [-0.25, -0.2) is 0 Å². The van der Waals surface area contributed by atoms with Crippen molar-refractivity contribution in [1.82, 2.24) is 0 Å². The van der Waals surface area contributed by atoms with Gasteiger partial charge in [-0.05, 0) is 43.4 Å². The molecule has 0 aliphatic heterocycles. The van der Waals surface area contributed by atoms with Crippen LogP contribution in [0.5, 0.6) is 0 Å². The second-order valence-electron chi connectivity index (χ2n) is 3.92. The summed E-state index contributed by atoms with van der Waals surface area (Å²) >= 11 is 0. The maximum absolute atomic E-state index is 5.82. The number of nitrogens with two attached hydrogens (primary N) is 1. The van der Waals surface area contributed by atoms with Crippen LogP contribution in [0.1, 0.15) is 29.9 Å². The van der Waals surface area contributed by atoms with Gasteiger partial charge in [0.25, 0.3) is 0 Å². The Morgan fingerprint density at radius 2 is 2.07 bits per heavy atom. The summed E-state index contributed by atoms with van der Waals surface area (Å²) in [5.41, 5.74) is 8.54. The number of hydrogen-bond acceptors (Lipinski definition) is 2. The molecule has 2 heteroatoms. The summed E-state index contributed by atoms with van der Waals surface area (Å²) in [7, 11) is 1.74. The molecule has 0 amide bonds. The summed E-state index contributed by atoms with van der Waals surface area (Å²) < 4.78 is 5.06. The smallest absolute Gasteiger partial charge is 0.0462 e. The lowest BCUT2D eigenvalue weighted by Gasteiger charge is -2.17. The maximum Gasteiger partial charge on any atom is 0.0462 e. The van der Waals surface area contributed by atoms with Gasteiger partial charge in [0.2, 0.25) is 0 Å². The van der Waals surface area contributed by atoms with E-state index in [-0.39, 0.29) is 0 Å². The Balaban J connectivity index is 2.61. The van der Waals surface area contributed by atoms with E-state index in [4.69, 9.17) is 10.5 Å². The third-order valence-electron chi connectivity index (χ3n) is 2.81. The predicted octanol–water partition coefficient (Wildman–Crippen LogP) is 2.46. The van der Waals surface area contributed by atoms with E-state index in [9.17, 15) is 0 Å². The topological polar surface area (TPSA) is 35.2 Å². The quantitative estimate of drug-likeness (QED) is 0.727. The van der Waals surface area contributed by atoms with E-state index in [1.54, 1.807) is 7.11 Å². The van der Waals surface area contributed by atoms with Gasteiger partial charge in [0, 0.05) is 13.7 Å². The van der Waals surface area contributed by atoms with E-state index in [0.29, 0.717) is 12.5 Å². The third kappa shape index (κ3) is 3.65. The van der Waals surface area contributed by atoms with Gasteiger partial charge in [0.05, 0.1) is 0 Å². The highest BCUT2D eigenvalue weighted by atomic mass is 16.5. The number of aryl methyl sites for hydroxylation is 1. The minimum Gasteiger partial charge on any atom is -0.385 e. The molecule has 0 spiro atoms. The van der Waals surface area contributed by atoms with Crippen molar-refractivity contribution in [2.24, 2.45) is 5.73 Å². The lowest BCUT2D eigenvalue weighted by Crippen LogP contribution is -2.14. The van der Waals surface area contributed by atoms with Crippen LogP contribution in [-0.4, -0.2) is 20.3 Å². The molecule has 1 atom stereocenters. The Morgan fingerprint density at radius 1 is 1.33 bits per heavy atom. The number of ether oxygens (including phenoxy) is 1. The first-order valence-corrected chi connectivity index (χ1v) is 5.54. The number of hydrogen-bond donors (Lipinski definition) is 1. The Hall–Kier alpha value is -0.860. The summed E-state index contributed by atoms with van der Waals surface area (Å²) in [5, 5.41) is 0. The van der Waals surface area contributed by atoms with Crippen molar-refractivity contribution in [3.63, 3.8) is 0 Å². The summed E-state index contributed by atoms with van der Waals surface area (Å²) in [5.74, 6) is 0.473. The van der Waals surface area contributed by atoms with Gasteiger partial charge >= 0.3 is 0 Å². The third-order valence-corrected chi connectivity index (χ3v) is 2.81. The zero-order valence-corrected chi connectivity index (χ0v) is 9.70. The second-order valence-corrected chi connectivity index (χ2v) is 3.92. The van der Waals surface area contributed by atoms with Crippen LogP contribution in [0.4, 0.5) is 0 Å². The maximum atomic E-state index is 5.82. The lowest BCUT2D eigenvalue weighted by molar-refractivity contribution is 0.190. The molecule has 0 heterocycles. The number of benzene rings is 1. The lowest BCUT2D eigenvalue weighted by atomic mass is 9.91. The highest BCUT2D eigenvalue weighted by Gasteiger charge is 2.10. The fourth-order valence-corrected chi connectivity index (χ4v) is 1.92. The van der Waals surface area contributed by atoms with E-state index in [1.165, 1.54) is 11.1 Å². The van der Waals surface area contributed by atoms with Crippen molar-refractivity contribution < 1.29 is 4.74 Å². The molecule has 2 nitrogen and oxygen atoms in total. The van der Waals surface area contributed by atoms with E-state index in [2.05, 4.69) is 31.2 Å². The van der Waals surface area contributed by atoms with Crippen molar-refractivity contribution in [3.05, 3.63) is 35.4 Å². The minimum absolute atomic E-state index is 0.473. The Morgan fingerprint density at radius 3 is 2.67 bits per heavy atom. The summed E-state index contributed by atoms with van der Waals surface area (Å²) in [6.07, 6.45) is 2.18. The average Bonchev–Trinajstić information content (AvgIpc) is 2.26. The standard InChI is InChI=1S/C13H21NO/c1-11-6-3-4-8-13(11)12(10-14)7-5-9-15-2/h3-4,6,8,12H,5,7,9-10,14H2,1-2H3. The van der Waals surface area contributed by atoms with Crippen LogP contribution in [0, 0.1) is 6.92 Å². The second kappa shape index (κ2) is 6.59. The van der Waals surface area contributed by atoms with Crippen LogP contribution in [0.15, 0.2) is 24.3 Å². The predicted molar refractivity (Wildman–Crippen MR) is 64.1 cm³/mol. The van der Waals surface area contributed by atoms with Gasteiger partial charge in [-0.15, -0.1) is 0 Å². The largest absolute Gasteiger partial charge is 0.385 e. The monoisotopic (exact) mass is 207 g/mol. The highest BCUT2D eigenvalue weighted by molar-refractivity contribution is 5.29. The van der Waals surface area contributed by atoms with Crippen LogP contribution in [0.2, 0.25) is 0 Å². The van der Waals surface area contributed by atoms with Gasteiger partial charge < -0.3 is 10.5 Å². The van der Waals surface area contributed by atoms with Crippen LogP contribution in [0.25, 0.3) is 0 Å². The fourth-order valence-electron chi connectivity index (χ4n) is 1.92. The molecule has 15 heavy (non-hydrogen) atoms. The molecule has 0 aliphatic rings. The van der Waals surface area contributed by atoms with Gasteiger partial charge in [0.15, 0.2) is 0 Å². The Kier molecular flexibility index (Phi) is 5.37. The van der Waals surface area contributed by atoms with Gasteiger partial charge in [-0.1, -0.05) is 24.3 Å². The van der Waals surface area contributed by atoms with Crippen LogP contribution in [-0.2, 0) is 4.74 Å². The molecule has 1 unspecified atom stereocenters. The van der Waals surface area contributed by atoms with E-state index in [1.807, 2.05) is 0 Å². The van der Waals surface area contributed by atoms with Crippen LogP contribution >= 0.6 is 0 Å².